The third kappa shape index (κ3) is 38.4. The fraction of sp³-hybridized carbons (Fsp3) is 0.837. The minimum absolute atomic E-state index is 0.0421. The number of carbonyl (C=O) groups is 3. The number of rotatable bonds is 41. The summed E-state index contributed by atoms with van der Waals surface area (Å²) in [6.45, 7) is 3.54. The first-order valence-corrected chi connectivity index (χ1v) is 23.3. The van der Waals surface area contributed by atoms with Crippen LogP contribution in [0, 0.1) is 0 Å². The van der Waals surface area contributed by atoms with Gasteiger partial charge in [0, 0.05) is 25.8 Å². The number of phosphoric ester groups is 1. The van der Waals surface area contributed by atoms with E-state index < -0.39 is 32.5 Å². The second kappa shape index (κ2) is 39.4. The summed E-state index contributed by atoms with van der Waals surface area (Å²) in [6.07, 6.45) is 37.6. The van der Waals surface area contributed by atoms with Crippen molar-refractivity contribution < 1.29 is 42.4 Å². The number of ketones is 1. The first kappa shape index (κ1) is 52.2. The molecule has 0 saturated heterocycles. The molecule has 0 spiro atoms. The molecule has 10 nitrogen and oxygen atoms in total. The maximum Gasteiger partial charge on any atom is 0.472 e. The molecular formula is C43H80NO9P. The number of carbonyl (C=O) groups excluding carboxylic acids is 3. The van der Waals surface area contributed by atoms with Crippen LogP contribution in [0.25, 0.3) is 0 Å². The molecule has 54 heavy (non-hydrogen) atoms. The average Bonchev–Trinajstić information content (AvgIpc) is 3.15. The quantitative estimate of drug-likeness (QED) is 0.0201. The second-order valence-corrected chi connectivity index (χ2v) is 16.1. The lowest BCUT2D eigenvalue weighted by molar-refractivity contribution is -0.161. The number of hydrogen-bond acceptors (Lipinski definition) is 9. The van der Waals surface area contributed by atoms with E-state index in [0.29, 0.717) is 19.3 Å². The van der Waals surface area contributed by atoms with Gasteiger partial charge in [-0.3, -0.25) is 23.4 Å². The highest BCUT2D eigenvalue weighted by Crippen LogP contribution is 2.43. The fourth-order valence-electron chi connectivity index (χ4n) is 6.03. The number of unbranched alkanes of at least 4 members (excludes halogenated alkanes) is 23. The second-order valence-electron chi connectivity index (χ2n) is 14.6. The normalized spacial score (nSPS) is 13.4. The first-order valence-electron chi connectivity index (χ1n) is 21.8. The maximum atomic E-state index is 12.6. The Balaban J connectivity index is 4.19. The minimum Gasteiger partial charge on any atom is -0.462 e. The SMILES string of the molecule is CCCCCCCCCCCCCCCCCCCC(=O)O[C@H](COC(=O)CCCCCCC/C=C\C=C\C(=O)CCCCC)COP(=O)(O)OCCN. The number of phosphoric acid groups is 1. The lowest BCUT2D eigenvalue weighted by Gasteiger charge is -2.19. The van der Waals surface area contributed by atoms with E-state index in [-0.39, 0.29) is 38.4 Å². The van der Waals surface area contributed by atoms with E-state index in [4.69, 9.17) is 24.3 Å². The molecule has 0 heterocycles. The van der Waals surface area contributed by atoms with Crippen molar-refractivity contribution in [2.45, 2.75) is 206 Å². The highest BCUT2D eigenvalue weighted by Gasteiger charge is 2.26. The molecule has 1 unspecified atom stereocenters. The monoisotopic (exact) mass is 786 g/mol. The van der Waals surface area contributed by atoms with Gasteiger partial charge in [-0.2, -0.15) is 0 Å². The molecule has 0 aromatic heterocycles. The van der Waals surface area contributed by atoms with Gasteiger partial charge >= 0.3 is 19.8 Å². The van der Waals surface area contributed by atoms with E-state index in [9.17, 15) is 23.8 Å². The molecule has 0 fully saturated rings. The molecule has 0 aromatic rings. The number of ether oxygens (including phenoxy) is 2. The van der Waals surface area contributed by atoms with Crippen molar-refractivity contribution in [2.24, 2.45) is 5.73 Å². The van der Waals surface area contributed by atoms with Crippen LogP contribution in [-0.2, 0) is 37.5 Å². The molecule has 0 bridgehead atoms. The Morgan fingerprint density at radius 1 is 0.593 bits per heavy atom. The molecule has 0 amide bonds. The Kier molecular flexibility index (Phi) is 38.1. The van der Waals surface area contributed by atoms with Crippen molar-refractivity contribution in [3.63, 3.8) is 0 Å². The summed E-state index contributed by atoms with van der Waals surface area (Å²) in [5.41, 5.74) is 5.34. The van der Waals surface area contributed by atoms with Gasteiger partial charge < -0.3 is 20.1 Å². The smallest absolute Gasteiger partial charge is 0.462 e. The van der Waals surface area contributed by atoms with Gasteiger partial charge in [0.2, 0.25) is 0 Å². The molecule has 316 valence electrons. The van der Waals surface area contributed by atoms with Gasteiger partial charge in [-0.05, 0) is 38.2 Å². The van der Waals surface area contributed by atoms with Gasteiger partial charge in [0.05, 0.1) is 13.2 Å². The molecule has 0 aliphatic carbocycles. The van der Waals surface area contributed by atoms with Gasteiger partial charge in [0.25, 0.3) is 0 Å². The van der Waals surface area contributed by atoms with E-state index >= 15 is 0 Å². The van der Waals surface area contributed by atoms with E-state index in [1.165, 1.54) is 83.5 Å². The summed E-state index contributed by atoms with van der Waals surface area (Å²) in [7, 11) is -4.39. The van der Waals surface area contributed by atoms with Crippen LogP contribution in [0.1, 0.15) is 200 Å². The molecule has 0 saturated carbocycles. The summed E-state index contributed by atoms with van der Waals surface area (Å²) in [5.74, 6) is -0.705. The molecule has 3 N–H and O–H groups in total. The molecule has 0 aromatic carbocycles. The van der Waals surface area contributed by atoms with Crippen molar-refractivity contribution in [3.05, 3.63) is 24.3 Å². The topological polar surface area (TPSA) is 151 Å². The Morgan fingerprint density at radius 2 is 1.06 bits per heavy atom. The van der Waals surface area contributed by atoms with Gasteiger partial charge in [-0.15, -0.1) is 0 Å². The van der Waals surface area contributed by atoms with Gasteiger partial charge in [0.15, 0.2) is 11.9 Å². The Morgan fingerprint density at radius 3 is 1.59 bits per heavy atom. The largest absolute Gasteiger partial charge is 0.472 e. The van der Waals surface area contributed by atoms with Crippen molar-refractivity contribution in [1.82, 2.24) is 0 Å². The van der Waals surface area contributed by atoms with Crippen LogP contribution >= 0.6 is 7.82 Å². The highest BCUT2D eigenvalue weighted by molar-refractivity contribution is 7.47. The van der Waals surface area contributed by atoms with Gasteiger partial charge in [-0.25, -0.2) is 4.57 Å². The number of nitrogens with two attached hydrogens (primary N) is 1. The zero-order valence-electron chi connectivity index (χ0n) is 34.5. The molecule has 0 radical (unpaired) electrons. The van der Waals surface area contributed by atoms with Crippen LogP contribution in [0.4, 0.5) is 0 Å². The number of hydrogen-bond donors (Lipinski definition) is 2. The van der Waals surface area contributed by atoms with Crippen LogP contribution < -0.4 is 5.73 Å². The standard InChI is InChI=1S/C43H80NO9P/c1-3-5-7-8-9-10-11-12-13-14-15-16-17-20-24-27-31-35-43(47)53-41(39-52-54(48,49)51-37-36-44)38-50-42(46)34-30-26-23-21-18-19-22-25-29-33-40(45)32-28-6-4-2/h22,25,29,33,41H,3-21,23-24,26-28,30-32,34-39,44H2,1-2H3,(H,48,49)/b25-22-,33-29+/t41-/m1/s1. The van der Waals surface area contributed by atoms with Crippen LogP contribution in [0.5, 0.6) is 0 Å². The lowest BCUT2D eigenvalue weighted by Crippen LogP contribution is -2.29. The molecule has 11 heteroatoms. The molecular weight excluding hydrogens is 705 g/mol. The number of allylic oxidation sites excluding steroid dienone is 4. The Hall–Kier alpha value is -1.84. The molecule has 0 aliphatic rings. The predicted molar refractivity (Wildman–Crippen MR) is 220 cm³/mol. The zero-order valence-corrected chi connectivity index (χ0v) is 35.4. The summed E-state index contributed by atoms with van der Waals surface area (Å²) in [6, 6.07) is 0. The van der Waals surface area contributed by atoms with E-state index in [1.807, 2.05) is 12.2 Å². The molecule has 0 aliphatic heterocycles. The van der Waals surface area contributed by atoms with Crippen molar-refractivity contribution in [3.8, 4) is 0 Å². The van der Waals surface area contributed by atoms with Crippen LogP contribution in [-0.4, -0.2) is 55.1 Å². The van der Waals surface area contributed by atoms with Crippen LogP contribution in [0.2, 0.25) is 0 Å². The van der Waals surface area contributed by atoms with E-state index in [1.54, 1.807) is 6.08 Å². The fourth-order valence-corrected chi connectivity index (χ4v) is 6.79. The summed E-state index contributed by atoms with van der Waals surface area (Å²) < 4.78 is 32.7. The third-order valence-electron chi connectivity index (χ3n) is 9.32. The summed E-state index contributed by atoms with van der Waals surface area (Å²) in [4.78, 5) is 46.6. The maximum absolute atomic E-state index is 12.6. The minimum atomic E-state index is -4.39. The van der Waals surface area contributed by atoms with Crippen molar-refractivity contribution in [2.75, 3.05) is 26.4 Å². The number of esters is 2. The van der Waals surface area contributed by atoms with E-state index in [2.05, 4.69) is 19.9 Å². The predicted octanol–water partition coefficient (Wildman–Crippen LogP) is 11.6. The van der Waals surface area contributed by atoms with Gasteiger partial charge in [-0.1, -0.05) is 167 Å². The Bertz CT molecular complexity index is 1000. The van der Waals surface area contributed by atoms with Crippen LogP contribution in [0.15, 0.2) is 24.3 Å². The van der Waals surface area contributed by atoms with Crippen molar-refractivity contribution in [1.29, 1.82) is 0 Å². The lowest BCUT2D eigenvalue weighted by atomic mass is 10.0. The Labute approximate surface area is 329 Å². The highest BCUT2D eigenvalue weighted by atomic mass is 31.2. The first-order chi connectivity index (χ1) is 26.2. The summed E-state index contributed by atoms with van der Waals surface area (Å²) >= 11 is 0. The van der Waals surface area contributed by atoms with Gasteiger partial charge in [0.1, 0.15) is 6.61 Å². The zero-order chi connectivity index (χ0) is 39.8. The molecule has 0 rings (SSSR count). The third-order valence-corrected chi connectivity index (χ3v) is 10.3. The van der Waals surface area contributed by atoms with Crippen LogP contribution in [0.3, 0.4) is 0 Å². The summed E-state index contributed by atoms with van der Waals surface area (Å²) in [5, 5.41) is 0. The van der Waals surface area contributed by atoms with E-state index in [0.717, 1.165) is 70.6 Å². The van der Waals surface area contributed by atoms with Crippen molar-refractivity contribution >= 4 is 25.5 Å². The molecule has 2 atom stereocenters. The average molecular weight is 786 g/mol.